The van der Waals surface area contributed by atoms with Crippen molar-refractivity contribution in [1.82, 2.24) is 5.32 Å². The van der Waals surface area contributed by atoms with E-state index >= 15 is 0 Å². The molecular weight excluding hydrogens is 194 g/mol. The summed E-state index contributed by atoms with van der Waals surface area (Å²) < 4.78 is 8.97. The van der Waals surface area contributed by atoms with Gasteiger partial charge in [0.1, 0.15) is 12.2 Å². The normalized spacial score (nSPS) is 26.6. The Kier molecular flexibility index (Phi) is 3.52. The standard InChI is InChI=1S/C7H11NO6/c9-6(10)13-4-1-5(3-8-2-4)14-7(11)12/h4-5,8H,1-3H2,(H,9,10)(H,11,12). The van der Waals surface area contributed by atoms with Crippen LogP contribution in [0.3, 0.4) is 0 Å². The van der Waals surface area contributed by atoms with Crippen molar-refractivity contribution in [3.8, 4) is 0 Å². The van der Waals surface area contributed by atoms with Crippen molar-refractivity contribution in [1.29, 1.82) is 0 Å². The van der Waals surface area contributed by atoms with E-state index in [4.69, 9.17) is 10.2 Å². The first-order valence-electron chi connectivity index (χ1n) is 4.08. The number of carbonyl (C=O) groups is 2. The van der Waals surface area contributed by atoms with Gasteiger partial charge in [-0.15, -0.1) is 0 Å². The lowest BCUT2D eigenvalue weighted by molar-refractivity contribution is -0.0102. The van der Waals surface area contributed by atoms with Crippen LogP contribution >= 0.6 is 0 Å². The predicted octanol–water partition coefficient (Wildman–Crippen LogP) is 0.106. The van der Waals surface area contributed by atoms with Gasteiger partial charge in [0.25, 0.3) is 0 Å². The van der Waals surface area contributed by atoms with Crippen LogP contribution < -0.4 is 5.32 Å². The van der Waals surface area contributed by atoms with Crippen molar-refractivity contribution in [3.63, 3.8) is 0 Å². The number of ether oxygens (including phenoxy) is 2. The molecule has 1 saturated heterocycles. The minimum absolute atomic E-state index is 0.256. The zero-order chi connectivity index (χ0) is 10.6. The van der Waals surface area contributed by atoms with Gasteiger partial charge in [0.2, 0.25) is 0 Å². The first kappa shape index (κ1) is 10.6. The average molecular weight is 205 g/mol. The zero-order valence-corrected chi connectivity index (χ0v) is 7.30. The lowest BCUT2D eigenvalue weighted by Gasteiger charge is -2.27. The van der Waals surface area contributed by atoms with Crippen molar-refractivity contribution in [3.05, 3.63) is 0 Å². The van der Waals surface area contributed by atoms with E-state index in [1.807, 2.05) is 0 Å². The first-order valence-corrected chi connectivity index (χ1v) is 4.08. The first-order chi connectivity index (χ1) is 6.58. The van der Waals surface area contributed by atoms with Gasteiger partial charge in [0, 0.05) is 19.5 Å². The summed E-state index contributed by atoms with van der Waals surface area (Å²) in [4.78, 5) is 20.4. The molecule has 7 nitrogen and oxygen atoms in total. The number of hydrogen-bond donors (Lipinski definition) is 3. The van der Waals surface area contributed by atoms with Gasteiger partial charge in [0.05, 0.1) is 0 Å². The molecule has 0 aromatic heterocycles. The summed E-state index contributed by atoms with van der Waals surface area (Å²) in [5.74, 6) is 0. The second-order valence-corrected chi connectivity index (χ2v) is 2.91. The smallest absolute Gasteiger partial charge is 0.450 e. The van der Waals surface area contributed by atoms with Gasteiger partial charge in [-0.1, -0.05) is 0 Å². The van der Waals surface area contributed by atoms with Gasteiger partial charge in [-0.3, -0.25) is 0 Å². The Morgan fingerprint density at radius 3 is 1.86 bits per heavy atom. The Morgan fingerprint density at radius 2 is 1.50 bits per heavy atom. The van der Waals surface area contributed by atoms with Crippen LogP contribution in [0.15, 0.2) is 0 Å². The highest BCUT2D eigenvalue weighted by atomic mass is 16.7. The van der Waals surface area contributed by atoms with E-state index in [9.17, 15) is 9.59 Å². The van der Waals surface area contributed by atoms with Crippen molar-refractivity contribution in [2.75, 3.05) is 13.1 Å². The summed E-state index contributed by atoms with van der Waals surface area (Å²) >= 11 is 0. The third kappa shape index (κ3) is 3.48. The highest BCUT2D eigenvalue weighted by Crippen LogP contribution is 2.10. The highest BCUT2D eigenvalue weighted by Gasteiger charge is 2.26. The molecule has 2 atom stereocenters. The quantitative estimate of drug-likeness (QED) is 0.549. The molecule has 80 valence electrons. The summed E-state index contributed by atoms with van der Waals surface area (Å²) in [6.07, 6.45) is -3.58. The van der Waals surface area contributed by atoms with Gasteiger partial charge >= 0.3 is 12.3 Å². The average Bonchev–Trinajstić information content (AvgIpc) is 2.01. The SMILES string of the molecule is O=C(O)OC1CNCC(OC(=O)O)C1. The van der Waals surface area contributed by atoms with E-state index in [1.54, 1.807) is 0 Å². The van der Waals surface area contributed by atoms with Crippen LogP contribution in [0.1, 0.15) is 6.42 Å². The van der Waals surface area contributed by atoms with Crippen LogP contribution in [0, 0.1) is 0 Å². The molecule has 3 N–H and O–H groups in total. The van der Waals surface area contributed by atoms with Crippen LogP contribution in [-0.4, -0.2) is 47.8 Å². The molecule has 0 aliphatic carbocycles. The monoisotopic (exact) mass is 205 g/mol. The van der Waals surface area contributed by atoms with E-state index in [-0.39, 0.29) is 6.42 Å². The van der Waals surface area contributed by atoms with Crippen LogP contribution in [-0.2, 0) is 9.47 Å². The van der Waals surface area contributed by atoms with Crippen molar-refractivity contribution >= 4 is 12.3 Å². The van der Waals surface area contributed by atoms with Gasteiger partial charge in [-0.25, -0.2) is 9.59 Å². The Bertz CT molecular complexity index is 208. The van der Waals surface area contributed by atoms with Crippen LogP contribution in [0.2, 0.25) is 0 Å². The summed E-state index contributed by atoms with van der Waals surface area (Å²) in [6, 6.07) is 0. The Morgan fingerprint density at radius 1 is 1.07 bits per heavy atom. The number of rotatable bonds is 2. The Balaban J connectivity index is 2.35. The molecule has 0 radical (unpaired) electrons. The van der Waals surface area contributed by atoms with Crippen molar-refractivity contribution in [2.24, 2.45) is 0 Å². The lowest BCUT2D eigenvalue weighted by Crippen LogP contribution is -2.45. The molecule has 1 rings (SSSR count). The molecule has 1 heterocycles. The summed E-state index contributed by atoms with van der Waals surface area (Å²) in [5, 5.41) is 19.5. The third-order valence-corrected chi connectivity index (χ3v) is 1.80. The van der Waals surface area contributed by atoms with E-state index in [1.165, 1.54) is 0 Å². The summed E-state index contributed by atoms with van der Waals surface area (Å²) in [7, 11) is 0. The maximum absolute atomic E-state index is 10.2. The van der Waals surface area contributed by atoms with Crippen LogP contribution in [0.4, 0.5) is 9.59 Å². The number of hydrogen-bond acceptors (Lipinski definition) is 5. The molecule has 1 fully saturated rings. The molecule has 0 bridgehead atoms. The number of nitrogens with one attached hydrogen (secondary N) is 1. The summed E-state index contributed by atoms with van der Waals surface area (Å²) in [6.45, 7) is 0.761. The predicted molar refractivity (Wildman–Crippen MR) is 43.3 cm³/mol. The highest BCUT2D eigenvalue weighted by molar-refractivity contribution is 5.57. The second-order valence-electron chi connectivity index (χ2n) is 2.91. The van der Waals surface area contributed by atoms with E-state index in [0.717, 1.165) is 0 Å². The molecule has 1 aliphatic rings. The van der Waals surface area contributed by atoms with Crippen molar-refractivity contribution in [2.45, 2.75) is 18.6 Å². The fraction of sp³-hybridized carbons (Fsp3) is 0.714. The molecular formula is C7H11NO6. The van der Waals surface area contributed by atoms with Crippen molar-refractivity contribution < 1.29 is 29.3 Å². The molecule has 0 aromatic carbocycles. The van der Waals surface area contributed by atoms with E-state index in [0.29, 0.717) is 13.1 Å². The lowest BCUT2D eigenvalue weighted by atomic mass is 10.1. The molecule has 0 saturated carbocycles. The number of piperidine rings is 1. The third-order valence-electron chi connectivity index (χ3n) is 1.80. The van der Waals surface area contributed by atoms with E-state index < -0.39 is 24.5 Å². The second kappa shape index (κ2) is 4.66. The van der Waals surface area contributed by atoms with Crippen LogP contribution in [0.25, 0.3) is 0 Å². The van der Waals surface area contributed by atoms with E-state index in [2.05, 4.69) is 14.8 Å². The van der Waals surface area contributed by atoms with Gasteiger partial charge in [0.15, 0.2) is 0 Å². The van der Waals surface area contributed by atoms with Gasteiger partial charge in [-0.2, -0.15) is 0 Å². The molecule has 2 unspecified atom stereocenters. The Labute approximate surface area is 79.6 Å². The topological polar surface area (TPSA) is 105 Å². The molecule has 7 heteroatoms. The maximum atomic E-state index is 10.2. The fourth-order valence-corrected chi connectivity index (χ4v) is 1.33. The summed E-state index contributed by atoms with van der Waals surface area (Å²) in [5.41, 5.74) is 0. The minimum atomic E-state index is -1.37. The van der Waals surface area contributed by atoms with Gasteiger partial charge in [-0.05, 0) is 0 Å². The fourth-order valence-electron chi connectivity index (χ4n) is 1.33. The van der Waals surface area contributed by atoms with Gasteiger partial charge < -0.3 is 25.0 Å². The Hall–Kier alpha value is -1.50. The number of carboxylic acid groups (broad SMARTS) is 2. The van der Waals surface area contributed by atoms with Crippen LogP contribution in [0.5, 0.6) is 0 Å². The molecule has 0 amide bonds. The largest absolute Gasteiger partial charge is 0.506 e. The minimum Gasteiger partial charge on any atom is -0.450 e. The molecule has 0 aromatic rings. The zero-order valence-electron chi connectivity index (χ0n) is 7.30. The molecule has 14 heavy (non-hydrogen) atoms. The molecule has 1 aliphatic heterocycles. The maximum Gasteiger partial charge on any atom is 0.506 e. The molecule has 0 spiro atoms.